The van der Waals surface area contributed by atoms with Crippen molar-refractivity contribution in [3.63, 3.8) is 0 Å². The Morgan fingerprint density at radius 3 is 2.42 bits per heavy atom. The highest BCUT2D eigenvalue weighted by molar-refractivity contribution is 6.30. The molecule has 5 heteroatoms. The van der Waals surface area contributed by atoms with Gasteiger partial charge in [0.05, 0.1) is 5.56 Å². The maximum atomic E-state index is 13.1. The zero-order chi connectivity index (χ0) is 18.7. The molecular weight excluding hydrogens is 348 g/mol. The summed E-state index contributed by atoms with van der Waals surface area (Å²) >= 11 is 5.90. The van der Waals surface area contributed by atoms with Crippen molar-refractivity contribution >= 4 is 23.3 Å². The summed E-state index contributed by atoms with van der Waals surface area (Å²) in [7, 11) is 0. The van der Waals surface area contributed by atoms with Gasteiger partial charge < -0.3 is 10.6 Å². The van der Waals surface area contributed by atoms with E-state index in [0.717, 1.165) is 12.8 Å². The van der Waals surface area contributed by atoms with Crippen molar-refractivity contribution < 1.29 is 9.59 Å². The largest absolute Gasteiger partial charge is 0.338 e. The Balaban J connectivity index is 1.88. The Kier molecular flexibility index (Phi) is 5.74. The van der Waals surface area contributed by atoms with Crippen LogP contribution >= 0.6 is 11.6 Å². The van der Waals surface area contributed by atoms with Crippen LogP contribution in [0.5, 0.6) is 0 Å². The number of carbonyl (C=O) groups is 2. The van der Waals surface area contributed by atoms with Crippen LogP contribution in [0.3, 0.4) is 0 Å². The van der Waals surface area contributed by atoms with Gasteiger partial charge >= 0.3 is 0 Å². The first-order valence-electron chi connectivity index (χ1n) is 8.91. The first kappa shape index (κ1) is 18.6. The van der Waals surface area contributed by atoms with Crippen LogP contribution in [0.25, 0.3) is 0 Å². The molecule has 0 aromatic heterocycles. The number of amides is 1. The number of hydrogen-bond acceptors (Lipinski definition) is 3. The summed E-state index contributed by atoms with van der Waals surface area (Å²) < 4.78 is 0. The van der Waals surface area contributed by atoms with Gasteiger partial charge in [-0.05, 0) is 56.0 Å². The first-order chi connectivity index (χ1) is 12.5. The average Bonchev–Trinajstić information content (AvgIpc) is 2.67. The van der Waals surface area contributed by atoms with E-state index in [1.807, 2.05) is 11.8 Å². The van der Waals surface area contributed by atoms with Crippen molar-refractivity contribution in [2.45, 2.75) is 25.8 Å². The highest BCUT2D eigenvalue weighted by atomic mass is 35.5. The normalized spacial score (nSPS) is 18.4. The predicted octanol–water partition coefficient (Wildman–Crippen LogP) is 3.77. The van der Waals surface area contributed by atoms with E-state index in [1.54, 1.807) is 48.5 Å². The summed E-state index contributed by atoms with van der Waals surface area (Å²) in [5.74, 6) is 0.0199. The molecule has 1 aliphatic heterocycles. The Labute approximate surface area is 158 Å². The maximum absolute atomic E-state index is 13.1. The minimum atomic E-state index is -0.175. The minimum absolute atomic E-state index is 0.0524. The van der Waals surface area contributed by atoms with Crippen LogP contribution in [0.2, 0.25) is 5.02 Å². The summed E-state index contributed by atoms with van der Waals surface area (Å²) in [6.07, 6.45) is 1.97. The number of likely N-dealkylation sites (tertiary alicyclic amines) is 1. The predicted molar refractivity (Wildman–Crippen MR) is 104 cm³/mol. The second kappa shape index (κ2) is 8.02. The third kappa shape index (κ3) is 3.97. The lowest BCUT2D eigenvalue weighted by atomic mass is 9.91. The maximum Gasteiger partial charge on any atom is 0.254 e. The number of nitrogens with two attached hydrogens (primary N) is 1. The van der Waals surface area contributed by atoms with Crippen molar-refractivity contribution in [3.8, 4) is 0 Å². The number of benzene rings is 2. The molecule has 2 atom stereocenters. The number of ketones is 1. The van der Waals surface area contributed by atoms with E-state index >= 15 is 0 Å². The molecule has 1 amide bonds. The Morgan fingerprint density at radius 1 is 1.12 bits per heavy atom. The molecule has 4 nitrogen and oxygen atoms in total. The Hall–Kier alpha value is -2.17. The molecule has 1 aliphatic rings. The van der Waals surface area contributed by atoms with Crippen LogP contribution in [-0.2, 0) is 0 Å². The molecular formula is C21H23ClN2O2. The fourth-order valence-corrected chi connectivity index (χ4v) is 3.54. The van der Waals surface area contributed by atoms with E-state index < -0.39 is 0 Å². The van der Waals surface area contributed by atoms with Crippen LogP contribution in [0.15, 0.2) is 48.5 Å². The third-order valence-electron chi connectivity index (χ3n) is 5.00. The molecule has 2 N–H and O–H groups in total. The van der Waals surface area contributed by atoms with Crippen LogP contribution in [-0.4, -0.2) is 35.7 Å². The third-order valence-corrected chi connectivity index (χ3v) is 5.25. The second-order valence-electron chi connectivity index (χ2n) is 6.89. The smallest absolute Gasteiger partial charge is 0.254 e. The number of rotatable bonds is 4. The van der Waals surface area contributed by atoms with E-state index in [2.05, 4.69) is 0 Å². The Bertz CT molecular complexity index is 802. The number of halogens is 1. The summed E-state index contributed by atoms with van der Waals surface area (Å²) in [5, 5.41) is 0.571. The SMILES string of the molecule is C[C@@H](N)[C@H]1CCCN(C(=O)c2ccccc2C(=O)c2ccc(Cl)cc2)C1. The quantitative estimate of drug-likeness (QED) is 0.833. The van der Waals surface area contributed by atoms with Crippen molar-refractivity contribution in [1.82, 2.24) is 4.90 Å². The van der Waals surface area contributed by atoms with Crippen molar-refractivity contribution in [2.24, 2.45) is 11.7 Å². The van der Waals surface area contributed by atoms with Gasteiger partial charge in [-0.2, -0.15) is 0 Å². The monoisotopic (exact) mass is 370 g/mol. The molecule has 0 aliphatic carbocycles. The molecule has 1 fully saturated rings. The van der Waals surface area contributed by atoms with Gasteiger partial charge in [0, 0.05) is 35.3 Å². The summed E-state index contributed by atoms with van der Waals surface area (Å²) in [4.78, 5) is 27.8. The van der Waals surface area contributed by atoms with Gasteiger partial charge in [-0.1, -0.05) is 29.8 Å². The van der Waals surface area contributed by atoms with Crippen molar-refractivity contribution in [3.05, 3.63) is 70.2 Å². The number of piperidine rings is 1. The fraction of sp³-hybridized carbons (Fsp3) is 0.333. The lowest BCUT2D eigenvalue weighted by molar-refractivity contribution is 0.0657. The minimum Gasteiger partial charge on any atom is -0.338 e. The standard InChI is InChI=1S/C21H23ClN2O2/c1-14(23)16-5-4-12-24(13-16)21(26)19-7-3-2-6-18(19)20(25)15-8-10-17(22)11-9-15/h2-3,6-11,14,16H,4-5,12-13,23H2,1H3/t14-,16+/m1/s1. The molecule has 2 aromatic carbocycles. The summed E-state index contributed by atoms with van der Waals surface area (Å²) in [5.41, 5.74) is 7.41. The summed E-state index contributed by atoms with van der Waals surface area (Å²) in [6.45, 7) is 3.32. The van der Waals surface area contributed by atoms with Gasteiger partial charge in [-0.15, -0.1) is 0 Å². The van der Waals surface area contributed by atoms with Gasteiger partial charge in [0.15, 0.2) is 5.78 Å². The van der Waals surface area contributed by atoms with Crippen LogP contribution < -0.4 is 5.73 Å². The molecule has 0 unspecified atom stereocenters. The Morgan fingerprint density at radius 2 is 1.77 bits per heavy atom. The van der Waals surface area contributed by atoms with Gasteiger partial charge in [0.2, 0.25) is 0 Å². The van der Waals surface area contributed by atoms with Crippen LogP contribution in [0.4, 0.5) is 0 Å². The molecule has 0 spiro atoms. The van der Waals surface area contributed by atoms with Crippen LogP contribution in [0.1, 0.15) is 46.0 Å². The molecule has 1 heterocycles. The number of carbonyl (C=O) groups excluding carboxylic acids is 2. The van der Waals surface area contributed by atoms with E-state index in [-0.39, 0.29) is 17.7 Å². The molecule has 0 radical (unpaired) electrons. The average molecular weight is 371 g/mol. The second-order valence-corrected chi connectivity index (χ2v) is 7.33. The fourth-order valence-electron chi connectivity index (χ4n) is 3.42. The van der Waals surface area contributed by atoms with Gasteiger partial charge in [0.1, 0.15) is 0 Å². The number of nitrogens with zero attached hydrogens (tertiary/aromatic N) is 1. The first-order valence-corrected chi connectivity index (χ1v) is 9.29. The highest BCUT2D eigenvalue weighted by Gasteiger charge is 2.28. The number of hydrogen-bond donors (Lipinski definition) is 1. The van der Waals surface area contributed by atoms with Crippen molar-refractivity contribution in [1.29, 1.82) is 0 Å². The topological polar surface area (TPSA) is 63.4 Å². The molecule has 1 saturated heterocycles. The molecule has 26 heavy (non-hydrogen) atoms. The van der Waals surface area contributed by atoms with E-state index in [0.29, 0.717) is 40.7 Å². The zero-order valence-corrected chi connectivity index (χ0v) is 15.6. The van der Waals surface area contributed by atoms with E-state index in [1.165, 1.54) is 0 Å². The molecule has 136 valence electrons. The molecule has 0 bridgehead atoms. The van der Waals surface area contributed by atoms with Gasteiger partial charge in [-0.3, -0.25) is 9.59 Å². The molecule has 0 saturated carbocycles. The zero-order valence-electron chi connectivity index (χ0n) is 14.8. The van der Waals surface area contributed by atoms with Crippen molar-refractivity contribution in [2.75, 3.05) is 13.1 Å². The van der Waals surface area contributed by atoms with E-state index in [4.69, 9.17) is 17.3 Å². The van der Waals surface area contributed by atoms with E-state index in [9.17, 15) is 9.59 Å². The lowest BCUT2D eigenvalue weighted by Crippen LogP contribution is -2.45. The highest BCUT2D eigenvalue weighted by Crippen LogP contribution is 2.23. The summed E-state index contributed by atoms with van der Waals surface area (Å²) in [6, 6.07) is 13.8. The van der Waals surface area contributed by atoms with Gasteiger partial charge in [-0.25, -0.2) is 0 Å². The lowest BCUT2D eigenvalue weighted by Gasteiger charge is -2.35. The molecule has 3 rings (SSSR count). The molecule has 2 aromatic rings. The van der Waals surface area contributed by atoms with Crippen LogP contribution in [0, 0.1) is 5.92 Å². The van der Waals surface area contributed by atoms with Gasteiger partial charge in [0.25, 0.3) is 5.91 Å².